The van der Waals surface area contributed by atoms with Crippen LogP contribution in [0.1, 0.15) is 18.4 Å². The fraction of sp³-hybridized carbons (Fsp3) is 0.333. The lowest BCUT2D eigenvalue weighted by Gasteiger charge is -2.05. The van der Waals surface area contributed by atoms with Gasteiger partial charge in [-0.2, -0.15) is 0 Å². The molecule has 0 aliphatic carbocycles. The first-order valence-electron chi connectivity index (χ1n) is 4.99. The summed E-state index contributed by atoms with van der Waals surface area (Å²) in [5.74, 6) is 0.810. The van der Waals surface area contributed by atoms with Crippen LogP contribution in [0.3, 0.4) is 0 Å². The second-order valence-electron chi connectivity index (χ2n) is 3.27. The lowest BCUT2D eigenvalue weighted by Crippen LogP contribution is -1.90. The molecule has 0 aliphatic heterocycles. The van der Waals surface area contributed by atoms with Crippen LogP contribution in [0.4, 0.5) is 5.69 Å². The summed E-state index contributed by atoms with van der Waals surface area (Å²) in [7, 11) is 1.64. The van der Waals surface area contributed by atoms with Gasteiger partial charge in [0.1, 0.15) is 5.75 Å². The molecule has 82 valence electrons. The Bertz CT molecular complexity index is 334. The minimum atomic E-state index is 0.221. The van der Waals surface area contributed by atoms with Gasteiger partial charge in [0.05, 0.1) is 7.11 Å². The molecule has 0 heterocycles. The summed E-state index contributed by atoms with van der Waals surface area (Å²) in [4.78, 5) is 0. The fourth-order valence-corrected chi connectivity index (χ4v) is 1.30. The lowest BCUT2D eigenvalue weighted by molar-refractivity contribution is 0.290. The Hall–Kier alpha value is -1.48. The van der Waals surface area contributed by atoms with E-state index in [-0.39, 0.29) is 6.61 Å². The van der Waals surface area contributed by atoms with Crippen molar-refractivity contribution in [1.29, 1.82) is 0 Å². The number of allylic oxidation sites excluding steroid dienone is 1. The van der Waals surface area contributed by atoms with E-state index in [4.69, 9.17) is 15.6 Å². The average molecular weight is 207 g/mol. The van der Waals surface area contributed by atoms with Crippen LogP contribution in [0.25, 0.3) is 6.08 Å². The molecule has 0 saturated carbocycles. The number of aliphatic hydroxyl groups is 1. The van der Waals surface area contributed by atoms with Crippen LogP contribution < -0.4 is 10.5 Å². The predicted molar refractivity (Wildman–Crippen MR) is 62.8 cm³/mol. The third kappa shape index (κ3) is 3.64. The van der Waals surface area contributed by atoms with Crippen molar-refractivity contribution >= 4 is 11.8 Å². The molecular formula is C12H17NO2. The Morgan fingerprint density at radius 2 is 2.27 bits per heavy atom. The smallest absolute Gasteiger partial charge is 0.126 e. The van der Waals surface area contributed by atoms with Gasteiger partial charge in [0.15, 0.2) is 0 Å². The van der Waals surface area contributed by atoms with Crippen molar-refractivity contribution in [2.45, 2.75) is 12.8 Å². The fourth-order valence-electron chi connectivity index (χ4n) is 1.30. The van der Waals surface area contributed by atoms with Gasteiger partial charge in [-0.15, -0.1) is 0 Å². The zero-order valence-corrected chi connectivity index (χ0v) is 8.94. The van der Waals surface area contributed by atoms with Gasteiger partial charge < -0.3 is 15.6 Å². The molecule has 0 radical (unpaired) electrons. The molecule has 0 atom stereocenters. The van der Waals surface area contributed by atoms with E-state index in [1.54, 1.807) is 7.11 Å². The van der Waals surface area contributed by atoms with E-state index in [1.165, 1.54) is 0 Å². The second kappa shape index (κ2) is 6.09. The number of unbranched alkanes of at least 4 members (excludes halogenated alkanes) is 1. The minimum absolute atomic E-state index is 0.221. The molecule has 3 heteroatoms. The molecule has 15 heavy (non-hydrogen) atoms. The average Bonchev–Trinajstić information content (AvgIpc) is 2.25. The van der Waals surface area contributed by atoms with Crippen molar-refractivity contribution in [2.24, 2.45) is 0 Å². The van der Waals surface area contributed by atoms with Crippen LogP contribution in [0, 0.1) is 0 Å². The van der Waals surface area contributed by atoms with Gasteiger partial charge in [0.2, 0.25) is 0 Å². The number of ether oxygens (including phenoxy) is 1. The van der Waals surface area contributed by atoms with Crippen LogP contribution in [-0.4, -0.2) is 18.8 Å². The summed E-state index contributed by atoms with van der Waals surface area (Å²) >= 11 is 0. The molecule has 0 spiro atoms. The highest BCUT2D eigenvalue weighted by atomic mass is 16.5. The van der Waals surface area contributed by atoms with Crippen molar-refractivity contribution in [2.75, 3.05) is 19.5 Å². The normalized spacial score (nSPS) is 10.8. The predicted octanol–water partition coefficient (Wildman–Crippen LogP) is 2.06. The third-order valence-corrected chi connectivity index (χ3v) is 2.08. The third-order valence-electron chi connectivity index (χ3n) is 2.08. The number of nitrogens with two attached hydrogens (primary N) is 1. The highest BCUT2D eigenvalue weighted by Gasteiger charge is 1.98. The van der Waals surface area contributed by atoms with Gasteiger partial charge in [0, 0.05) is 17.9 Å². The zero-order valence-electron chi connectivity index (χ0n) is 8.94. The topological polar surface area (TPSA) is 55.5 Å². The molecule has 1 aromatic carbocycles. The molecule has 0 unspecified atom stereocenters. The number of nitrogen functional groups attached to an aromatic ring is 1. The van der Waals surface area contributed by atoms with E-state index in [0.29, 0.717) is 0 Å². The maximum absolute atomic E-state index is 8.63. The monoisotopic (exact) mass is 207 g/mol. The number of hydrogen-bond acceptors (Lipinski definition) is 3. The maximum atomic E-state index is 8.63. The van der Waals surface area contributed by atoms with Crippen LogP contribution in [-0.2, 0) is 0 Å². The highest BCUT2D eigenvalue weighted by molar-refractivity contribution is 5.62. The summed E-state index contributed by atoms with van der Waals surface area (Å²) in [6, 6.07) is 5.53. The van der Waals surface area contributed by atoms with Crippen molar-refractivity contribution in [3.8, 4) is 5.75 Å². The first-order valence-corrected chi connectivity index (χ1v) is 4.99. The zero-order chi connectivity index (χ0) is 11.1. The largest absolute Gasteiger partial charge is 0.496 e. The second-order valence-corrected chi connectivity index (χ2v) is 3.27. The van der Waals surface area contributed by atoms with E-state index in [0.717, 1.165) is 29.8 Å². The van der Waals surface area contributed by atoms with Crippen molar-refractivity contribution in [3.05, 3.63) is 29.8 Å². The Balaban J connectivity index is 2.73. The molecule has 0 bridgehead atoms. The van der Waals surface area contributed by atoms with E-state index >= 15 is 0 Å². The van der Waals surface area contributed by atoms with Crippen molar-refractivity contribution in [3.63, 3.8) is 0 Å². The summed E-state index contributed by atoms with van der Waals surface area (Å²) in [6.45, 7) is 0.221. The Morgan fingerprint density at radius 1 is 1.47 bits per heavy atom. The van der Waals surface area contributed by atoms with Gasteiger partial charge in [-0.3, -0.25) is 0 Å². The van der Waals surface area contributed by atoms with E-state index < -0.39 is 0 Å². The first kappa shape index (κ1) is 11.6. The van der Waals surface area contributed by atoms with Gasteiger partial charge in [-0.25, -0.2) is 0 Å². The lowest BCUT2D eigenvalue weighted by atomic mass is 10.1. The van der Waals surface area contributed by atoms with Crippen LogP contribution in [0.2, 0.25) is 0 Å². The molecule has 1 aromatic rings. The molecule has 0 saturated heterocycles. The van der Waals surface area contributed by atoms with Crippen LogP contribution in [0.15, 0.2) is 24.3 Å². The number of methoxy groups -OCH3 is 1. The summed E-state index contributed by atoms with van der Waals surface area (Å²) in [5.41, 5.74) is 7.37. The van der Waals surface area contributed by atoms with Crippen molar-refractivity contribution < 1.29 is 9.84 Å². The number of hydrogen-bond donors (Lipinski definition) is 2. The standard InChI is InChI=1S/C12H17NO2/c1-15-12-7-6-11(13)9-10(12)5-3-2-4-8-14/h3,5-7,9,14H,2,4,8,13H2,1H3/b5-3+. The van der Waals surface area contributed by atoms with E-state index in [1.807, 2.05) is 30.4 Å². The number of benzene rings is 1. The molecule has 0 fully saturated rings. The minimum Gasteiger partial charge on any atom is -0.496 e. The van der Waals surface area contributed by atoms with Gasteiger partial charge in [0.25, 0.3) is 0 Å². The molecule has 1 rings (SSSR count). The molecule has 3 nitrogen and oxygen atoms in total. The van der Waals surface area contributed by atoms with Gasteiger partial charge in [-0.1, -0.05) is 12.2 Å². The molecule has 0 amide bonds. The Morgan fingerprint density at radius 3 is 2.93 bits per heavy atom. The summed E-state index contributed by atoms with van der Waals surface area (Å²) < 4.78 is 5.20. The van der Waals surface area contributed by atoms with E-state index in [9.17, 15) is 0 Å². The summed E-state index contributed by atoms with van der Waals surface area (Å²) in [6.07, 6.45) is 5.61. The van der Waals surface area contributed by atoms with Gasteiger partial charge >= 0.3 is 0 Å². The number of anilines is 1. The Labute approximate surface area is 90.2 Å². The maximum Gasteiger partial charge on any atom is 0.126 e. The molecule has 0 aliphatic rings. The first-order chi connectivity index (χ1) is 7.27. The van der Waals surface area contributed by atoms with Gasteiger partial charge in [-0.05, 0) is 31.0 Å². The van der Waals surface area contributed by atoms with Crippen LogP contribution in [0.5, 0.6) is 5.75 Å². The number of rotatable bonds is 5. The molecular weight excluding hydrogens is 190 g/mol. The summed E-state index contributed by atoms with van der Waals surface area (Å²) in [5, 5.41) is 8.63. The SMILES string of the molecule is COc1ccc(N)cc1/C=C/CCCO. The quantitative estimate of drug-likeness (QED) is 0.574. The highest BCUT2D eigenvalue weighted by Crippen LogP contribution is 2.22. The van der Waals surface area contributed by atoms with E-state index in [2.05, 4.69) is 0 Å². The Kier molecular flexibility index (Phi) is 4.71. The van der Waals surface area contributed by atoms with Crippen molar-refractivity contribution in [1.82, 2.24) is 0 Å². The molecule has 3 N–H and O–H groups in total. The van der Waals surface area contributed by atoms with Crippen LogP contribution >= 0.6 is 0 Å². The number of aliphatic hydroxyl groups excluding tert-OH is 1. The molecule has 0 aromatic heterocycles.